The number of carbonyl (C=O) groups excluding carboxylic acids is 6. The Balaban J connectivity index is 1.53. The molecule has 0 spiro atoms. The van der Waals surface area contributed by atoms with Crippen molar-refractivity contribution in [3.8, 4) is 0 Å². The largest absolute Gasteiger partial charge is 0.355 e. The van der Waals surface area contributed by atoms with E-state index in [4.69, 9.17) is 0 Å². The molecule has 0 unspecified atom stereocenters. The molecule has 0 radical (unpaired) electrons. The van der Waals surface area contributed by atoms with E-state index in [9.17, 15) is 28.8 Å². The van der Waals surface area contributed by atoms with Crippen LogP contribution in [0.2, 0.25) is 0 Å². The van der Waals surface area contributed by atoms with Crippen LogP contribution in [0.4, 0.5) is 0 Å². The van der Waals surface area contributed by atoms with Crippen LogP contribution in [-0.2, 0) is 48.7 Å². The minimum atomic E-state index is -1.06. The third-order valence-corrected chi connectivity index (χ3v) is 8.63. The Hall–Kier alpha value is -5.20. The lowest BCUT2D eigenvalue weighted by Crippen LogP contribution is -2.59. The van der Waals surface area contributed by atoms with Gasteiger partial charge in [0.05, 0.1) is 13.0 Å². The van der Waals surface area contributed by atoms with E-state index < -0.39 is 53.7 Å². The molecule has 1 aliphatic heterocycles. The van der Waals surface area contributed by atoms with Gasteiger partial charge in [0, 0.05) is 44.2 Å². The third kappa shape index (κ3) is 9.91. The molecule has 3 aromatic rings. The van der Waals surface area contributed by atoms with Gasteiger partial charge >= 0.3 is 0 Å². The van der Waals surface area contributed by atoms with Crippen molar-refractivity contribution in [1.29, 1.82) is 0 Å². The highest BCUT2D eigenvalue weighted by Crippen LogP contribution is 2.21. The van der Waals surface area contributed by atoms with Gasteiger partial charge in [-0.15, -0.1) is 0 Å². The molecule has 0 aliphatic carbocycles. The van der Waals surface area contributed by atoms with Crippen LogP contribution >= 0.6 is 0 Å². The van der Waals surface area contributed by atoms with E-state index in [1.165, 1.54) is 18.9 Å². The van der Waals surface area contributed by atoms with Crippen molar-refractivity contribution in [2.75, 3.05) is 20.1 Å². The number of para-hydroxylation sites is 1. The molecular weight excluding hydrogens is 626 g/mol. The van der Waals surface area contributed by atoms with E-state index in [-0.39, 0.29) is 44.2 Å². The number of nitrogens with one attached hydrogen (secondary N) is 5. The average molecular weight is 674 g/mol. The lowest BCUT2D eigenvalue weighted by molar-refractivity contribution is -0.139. The van der Waals surface area contributed by atoms with Crippen molar-refractivity contribution < 1.29 is 28.8 Å². The summed E-state index contributed by atoms with van der Waals surface area (Å²) in [7, 11) is 3.38. The van der Waals surface area contributed by atoms with Crippen LogP contribution in [0.15, 0.2) is 60.8 Å². The van der Waals surface area contributed by atoms with Crippen LogP contribution in [0.5, 0.6) is 0 Å². The van der Waals surface area contributed by atoms with Crippen LogP contribution in [0.3, 0.4) is 0 Å². The smallest absolute Gasteiger partial charge is 0.245 e. The summed E-state index contributed by atoms with van der Waals surface area (Å²) >= 11 is 0. The zero-order valence-electron chi connectivity index (χ0n) is 28.7. The molecule has 6 amide bonds. The maximum absolute atomic E-state index is 13.7. The number of aryl methyl sites for hydroxylation is 1. The fourth-order valence-electron chi connectivity index (χ4n) is 5.91. The Morgan fingerprint density at radius 1 is 0.898 bits per heavy atom. The Labute approximate surface area is 286 Å². The summed E-state index contributed by atoms with van der Waals surface area (Å²) in [6.07, 6.45) is 2.60. The number of hydrogen-bond donors (Lipinski definition) is 5. The van der Waals surface area contributed by atoms with Crippen LogP contribution in [0, 0.1) is 5.92 Å². The van der Waals surface area contributed by atoms with E-state index in [1.54, 1.807) is 13.8 Å². The number of likely N-dealkylation sites (N-methyl/N-ethyl adjacent to an activating group) is 1. The highest BCUT2D eigenvalue weighted by molar-refractivity contribution is 5.96. The predicted molar refractivity (Wildman–Crippen MR) is 185 cm³/mol. The number of amides is 6. The first kappa shape index (κ1) is 36.6. The van der Waals surface area contributed by atoms with Gasteiger partial charge < -0.3 is 36.1 Å². The second kappa shape index (κ2) is 16.8. The molecule has 2 heterocycles. The highest BCUT2D eigenvalue weighted by atomic mass is 16.2. The first-order valence-electron chi connectivity index (χ1n) is 16.6. The topological polar surface area (TPSA) is 171 Å². The molecule has 1 saturated heterocycles. The molecule has 13 heteroatoms. The van der Waals surface area contributed by atoms with Gasteiger partial charge in [0.2, 0.25) is 35.4 Å². The molecule has 1 fully saturated rings. The summed E-state index contributed by atoms with van der Waals surface area (Å²) in [4.78, 5) is 81.3. The van der Waals surface area contributed by atoms with E-state index in [0.717, 1.165) is 22.0 Å². The SMILES string of the molecule is CC(C)[C@H]1NC(=O)[C@@H](NC(=O)Cc2cn(C)c3ccccc23)CCCNC(=O)CN(C)C(=O)[C@H](Cc2ccccc2)NC(=O)[C@@H](C)NC1=O. The zero-order valence-corrected chi connectivity index (χ0v) is 28.7. The molecular formula is C36H47N7O6. The van der Waals surface area contributed by atoms with E-state index in [2.05, 4.69) is 26.6 Å². The van der Waals surface area contributed by atoms with Gasteiger partial charge in [-0.05, 0) is 42.9 Å². The molecule has 13 nitrogen and oxygen atoms in total. The number of aromatic nitrogens is 1. The number of benzene rings is 2. The molecule has 1 aromatic heterocycles. The molecule has 262 valence electrons. The molecule has 0 saturated carbocycles. The van der Waals surface area contributed by atoms with Crippen molar-refractivity contribution in [3.05, 3.63) is 71.9 Å². The molecule has 1 aliphatic rings. The Kier molecular flexibility index (Phi) is 12.5. The molecule has 0 bridgehead atoms. The van der Waals surface area contributed by atoms with Crippen LogP contribution in [0.25, 0.3) is 10.9 Å². The minimum absolute atomic E-state index is 0.0359. The third-order valence-electron chi connectivity index (χ3n) is 8.63. The maximum atomic E-state index is 13.7. The predicted octanol–water partition coefficient (Wildman–Crippen LogP) is 0.947. The fourth-order valence-corrected chi connectivity index (χ4v) is 5.91. The monoisotopic (exact) mass is 673 g/mol. The first-order chi connectivity index (χ1) is 23.3. The zero-order chi connectivity index (χ0) is 35.7. The fraction of sp³-hybridized carbons (Fsp3) is 0.444. The van der Waals surface area contributed by atoms with E-state index in [1.807, 2.05) is 72.4 Å². The Morgan fingerprint density at radius 2 is 1.59 bits per heavy atom. The quantitative estimate of drug-likeness (QED) is 0.261. The van der Waals surface area contributed by atoms with Gasteiger partial charge in [-0.3, -0.25) is 28.8 Å². The summed E-state index contributed by atoms with van der Waals surface area (Å²) in [5.41, 5.74) is 2.58. The normalized spacial score (nSPS) is 22.1. The van der Waals surface area contributed by atoms with Gasteiger partial charge in [-0.2, -0.15) is 0 Å². The van der Waals surface area contributed by atoms with Crippen LogP contribution < -0.4 is 26.6 Å². The van der Waals surface area contributed by atoms with Crippen molar-refractivity contribution in [2.45, 2.75) is 70.6 Å². The number of hydrogen-bond acceptors (Lipinski definition) is 6. The minimum Gasteiger partial charge on any atom is -0.355 e. The van der Waals surface area contributed by atoms with Crippen LogP contribution in [0.1, 0.15) is 44.7 Å². The van der Waals surface area contributed by atoms with Crippen molar-refractivity contribution >= 4 is 46.3 Å². The van der Waals surface area contributed by atoms with Gasteiger partial charge in [-0.25, -0.2) is 0 Å². The second-order valence-electron chi connectivity index (χ2n) is 13.0. The number of carbonyl (C=O) groups is 6. The van der Waals surface area contributed by atoms with Gasteiger partial charge in [0.15, 0.2) is 0 Å². The van der Waals surface area contributed by atoms with Gasteiger partial charge in [-0.1, -0.05) is 62.4 Å². The van der Waals surface area contributed by atoms with Crippen molar-refractivity contribution in [2.24, 2.45) is 13.0 Å². The summed E-state index contributed by atoms with van der Waals surface area (Å²) < 4.78 is 1.94. The first-order valence-corrected chi connectivity index (χ1v) is 16.6. The standard InChI is InChI=1S/C36H47N7O6/c1-22(2)32-35(48)38-23(3)33(46)40-28(18-24-12-7-6-8-13-24)36(49)43(5)21-31(45)37-17-11-15-27(34(47)41-32)39-30(44)19-25-20-42(4)29-16-10-9-14-26(25)29/h6-10,12-14,16,20,22-23,27-28,32H,11,15,17-19,21H2,1-5H3,(H,37,45)(H,38,48)(H,39,44)(H,40,46)(H,41,47)/t23-,27+,28+,32-/m1/s1. The van der Waals surface area contributed by atoms with Gasteiger partial charge in [0.25, 0.3) is 0 Å². The summed E-state index contributed by atoms with van der Waals surface area (Å²) in [5, 5.41) is 14.7. The molecule has 4 rings (SSSR count). The second-order valence-corrected chi connectivity index (χ2v) is 13.0. The lowest BCUT2D eigenvalue weighted by Gasteiger charge is -2.28. The number of fused-ring (bicyclic) bond motifs is 1. The van der Waals surface area contributed by atoms with E-state index >= 15 is 0 Å². The maximum Gasteiger partial charge on any atom is 0.245 e. The number of rotatable bonds is 6. The Bertz CT molecular complexity index is 1670. The summed E-state index contributed by atoms with van der Waals surface area (Å²) in [5.74, 6) is -3.35. The van der Waals surface area contributed by atoms with Crippen molar-refractivity contribution in [3.63, 3.8) is 0 Å². The lowest BCUT2D eigenvalue weighted by atomic mass is 10.0. The molecule has 4 atom stereocenters. The molecule has 2 aromatic carbocycles. The number of nitrogens with zero attached hydrogens (tertiary/aromatic N) is 2. The van der Waals surface area contributed by atoms with E-state index in [0.29, 0.717) is 6.42 Å². The Morgan fingerprint density at radius 3 is 2.31 bits per heavy atom. The molecule has 49 heavy (non-hydrogen) atoms. The molecule has 5 N–H and O–H groups in total. The van der Waals surface area contributed by atoms with Crippen LogP contribution in [-0.4, -0.2) is 89.2 Å². The highest BCUT2D eigenvalue weighted by Gasteiger charge is 2.32. The van der Waals surface area contributed by atoms with Crippen molar-refractivity contribution in [1.82, 2.24) is 36.1 Å². The summed E-state index contributed by atoms with van der Waals surface area (Å²) in [6, 6.07) is 12.8. The average Bonchev–Trinajstić information content (AvgIpc) is 3.38. The van der Waals surface area contributed by atoms with Gasteiger partial charge in [0.1, 0.15) is 24.2 Å². The summed E-state index contributed by atoms with van der Waals surface area (Å²) in [6.45, 7) is 4.93.